The Morgan fingerprint density at radius 3 is 3.00 bits per heavy atom. The predicted octanol–water partition coefficient (Wildman–Crippen LogP) is 2.44. The molecular weight excluding hydrogens is 272 g/mol. The fourth-order valence-corrected chi connectivity index (χ4v) is 3.42. The van der Waals surface area contributed by atoms with E-state index in [1.54, 1.807) is 13.1 Å². The van der Waals surface area contributed by atoms with E-state index in [1.165, 1.54) is 16.7 Å². The van der Waals surface area contributed by atoms with Crippen LogP contribution in [0.5, 0.6) is 0 Å². The molecule has 6 heteroatoms. The Bertz CT molecular complexity index is 725. The summed E-state index contributed by atoms with van der Waals surface area (Å²) >= 11 is 5.06. The minimum atomic E-state index is -0.271. The van der Waals surface area contributed by atoms with E-state index in [4.69, 9.17) is 12.2 Å². The van der Waals surface area contributed by atoms with E-state index in [0.29, 0.717) is 17.0 Å². The van der Waals surface area contributed by atoms with Crippen LogP contribution in [0.25, 0.3) is 0 Å². The average molecular weight is 290 g/mol. The Morgan fingerprint density at radius 1 is 1.60 bits per heavy atom. The highest BCUT2D eigenvalue weighted by molar-refractivity contribution is 7.71. The second-order valence-corrected chi connectivity index (χ2v) is 6.61. The Hall–Kier alpha value is -1.56. The van der Waals surface area contributed by atoms with Gasteiger partial charge >= 0.3 is 0 Å². The summed E-state index contributed by atoms with van der Waals surface area (Å²) in [5.41, 5.74) is 1.65. The van der Waals surface area contributed by atoms with Crippen molar-refractivity contribution in [3.8, 4) is 0 Å². The first-order valence-electron chi connectivity index (χ1n) is 6.84. The van der Waals surface area contributed by atoms with E-state index in [2.05, 4.69) is 35.2 Å². The average Bonchev–Trinajstić information content (AvgIpc) is 2.43. The number of hydrogen-bond acceptors (Lipinski definition) is 4. The second-order valence-electron chi connectivity index (χ2n) is 6.22. The number of hydrogen-bond donors (Lipinski definition) is 1. The monoisotopic (exact) mass is 290 g/mol. The smallest absolute Gasteiger partial charge is 0.265 e. The van der Waals surface area contributed by atoms with Crippen molar-refractivity contribution < 1.29 is 0 Å². The first kappa shape index (κ1) is 13.4. The molecule has 1 N–H and O–H groups in total. The number of H-pyrrole nitrogens is 1. The summed E-state index contributed by atoms with van der Waals surface area (Å²) in [6, 6.07) is 0. The molecule has 1 heterocycles. The van der Waals surface area contributed by atoms with Crippen molar-refractivity contribution in [2.24, 2.45) is 22.4 Å². The molecule has 0 unspecified atom stereocenters. The van der Waals surface area contributed by atoms with Crippen LogP contribution in [0.1, 0.15) is 32.4 Å². The molecule has 3 aliphatic rings. The number of aromatic nitrogens is 3. The standard InChI is InChI=1S/C14H18N4OS/c1-8-12(19)18(13(20)17-16-8)15-7-9-4-5-10-6-11(9)14(10,2)3/h4,7,10-11H,5-6H2,1-3H3,(H,17,20)/b15-7-/t10-,11+/m0/s1. The van der Waals surface area contributed by atoms with Crippen molar-refractivity contribution in [2.45, 2.75) is 33.6 Å². The maximum absolute atomic E-state index is 12.0. The van der Waals surface area contributed by atoms with Crippen LogP contribution in [-0.4, -0.2) is 21.1 Å². The highest BCUT2D eigenvalue weighted by Crippen LogP contribution is 2.58. The molecule has 4 rings (SSSR count). The molecule has 1 saturated carbocycles. The zero-order valence-electron chi connectivity index (χ0n) is 11.9. The number of aryl methyl sites for hydroxylation is 1. The molecule has 2 bridgehead atoms. The van der Waals surface area contributed by atoms with Crippen LogP contribution in [0.2, 0.25) is 0 Å². The third-order valence-corrected chi connectivity index (χ3v) is 5.11. The Balaban J connectivity index is 1.93. The maximum Gasteiger partial charge on any atom is 0.296 e. The molecule has 5 nitrogen and oxygen atoms in total. The van der Waals surface area contributed by atoms with E-state index in [9.17, 15) is 4.79 Å². The Morgan fingerprint density at radius 2 is 2.35 bits per heavy atom. The summed E-state index contributed by atoms with van der Waals surface area (Å²) in [6.45, 7) is 6.25. The highest BCUT2D eigenvalue weighted by atomic mass is 32.1. The molecule has 1 aromatic heterocycles. The number of aromatic amines is 1. The van der Waals surface area contributed by atoms with Crippen LogP contribution in [0.15, 0.2) is 21.5 Å². The van der Waals surface area contributed by atoms with Crippen molar-refractivity contribution in [1.82, 2.24) is 14.9 Å². The SMILES string of the molecule is Cc1n[nH]c(=S)n(/N=C\C2=CC[C@H]3C[C@H]2C3(C)C)c1=O. The molecule has 0 radical (unpaired) electrons. The van der Waals surface area contributed by atoms with Crippen molar-refractivity contribution in [3.05, 3.63) is 32.5 Å². The Kier molecular flexibility index (Phi) is 3.01. The van der Waals surface area contributed by atoms with Crippen LogP contribution in [-0.2, 0) is 0 Å². The minimum absolute atomic E-state index is 0.221. The van der Waals surface area contributed by atoms with Crippen LogP contribution in [0, 0.1) is 28.9 Å². The molecule has 2 atom stereocenters. The predicted molar refractivity (Wildman–Crippen MR) is 80.4 cm³/mol. The second kappa shape index (κ2) is 4.48. The van der Waals surface area contributed by atoms with Gasteiger partial charge in [0.15, 0.2) is 0 Å². The number of nitrogens with one attached hydrogen (secondary N) is 1. The number of rotatable bonds is 2. The number of fused-ring (bicyclic) bond motifs is 1. The van der Waals surface area contributed by atoms with E-state index in [-0.39, 0.29) is 10.3 Å². The molecule has 1 fully saturated rings. The van der Waals surface area contributed by atoms with Crippen LogP contribution in [0.3, 0.4) is 0 Å². The molecule has 0 spiro atoms. The number of allylic oxidation sites excluding steroid dienone is 2. The lowest BCUT2D eigenvalue weighted by atomic mass is 9.49. The topological polar surface area (TPSA) is 63.0 Å². The molecule has 0 aliphatic heterocycles. The van der Waals surface area contributed by atoms with Crippen molar-refractivity contribution in [3.63, 3.8) is 0 Å². The molecule has 1 aromatic rings. The maximum atomic E-state index is 12.0. The summed E-state index contributed by atoms with van der Waals surface area (Å²) < 4.78 is 1.43. The van der Waals surface area contributed by atoms with E-state index in [0.717, 1.165) is 12.3 Å². The normalized spacial score (nSPS) is 27.2. The third kappa shape index (κ3) is 1.90. The summed E-state index contributed by atoms with van der Waals surface area (Å²) in [4.78, 5) is 12.0. The van der Waals surface area contributed by atoms with E-state index in [1.807, 2.05) is 0 Å². The van der Waals surface area contributed by atoms with Crippen LogP contribution < -0.4 is 5.56 Å². The number of nitrogens with zero attached hydrogens (tertiary/aromatic N) is 3. The molecule has 3 aliphatic carbocycles. The lowest BCUT2D eigenvalue weighted by Crippen LogP contribution is -2.48. The fourth-order valence-electron chi connectivity index (χ4n) is 3.25. The van der Waals surface area contributed by atoms with Gasteiger partial charge in [-0.15, -0.1) is 0 Å². The summed E-state index contributed by atoms with van der Waals surface area (Å²) in [5.74, 6) is 1.33. The zero-order chi connectivity index (χ0) is 14.5. The van der Waals surface area contributed by atoms with Gasteiger partial charge in [-0.1, -0.05) is 19.9 Å². The molecule has 0 saturated heterocycles. The van der Waals surface area contributed by atoms with Gasteiger partial charge in [0.1, 0.15) is 5.69 Å². The summed E-state index contributed by atoms with van der Waals surface area (Å²) in [6.07, 6.45) is 6.34. The molecular formula is C14H18N4OS. The fraction of sp³-hybridized carbons (Fsp3) is 0.571. The van der Waals surface area contributed by atoms with Gasteiger partial charge in [-0.2, -0.15) is 14.9 Å². The van der Waals surface area contributed by atoms with Gasteiger partial charge in [0, 0.05) is 0 Å². The molecule has 20 heavy (non-hydrogen) atoms. The van der Waals surface area contributed by atoms with Crippen molar-refractivity contribution >= 4 is 18.4 Å². The Labute approximate surface area is 122 Å². The van der Waals surface area contributed by atoms with E-state index >= 15 is 0 Å². The lowest BCUT2D eigenvalue weighted by Gasteiger charge is -2.55. The van der Waals surface area contributed by atoms with Crippen LogP contribution in [0.4, 0.5) is 0 Å². The first-order chi connectivity index (χ1) is 9.41. The van der Waals surface area contributed by atoms with Gasteiger partial charge in [-0.3, -0.25) is 9.89 Å². The van der Waals surface area contributed by atoms with Gasteiger partial charge < -0.3 is 0 Å². The highest BCUT2D eigenvalue weighted by Gasteiger charge is 2.50. The van der Waals surface area contributed by atoms with Gasteiger partial charge in [0.25, 0.3) is 5.56 Å². The van der Waals surface area contributed by atoms with Crippen LogP contribution >= 0.6 is 12.2 Å². The summed E-state index contributed by atoms with van der Waals surface area (Å²) in [5, 5.41) is 10.7. The van der Waals surface area contributed by atoms with Gasteiger partial charge in [0.05, 0.1) is 6.21 Å². The van der Waals surface area contributed by atoms with Gasteiger partial charge in [0.2, 0.25) is 4.77 Å². The van der Waals surface area contributed by atoms with E-state index < -0.39 is 0 Å². The van der Waals surface area contributed by atoms with Crippen molar-refractivity contribution in [1.29, 1.82) is 0 Å². The van der Waals surface area contributed by atoms with Gasteiger partial charge in [-0.25, -0.2) is 0 Å². The van der Waals surface area contributed by atoms with Crippen molar-refractivity contribution in [2.75, 3.05) is 0 Å². The first-order valence-corrected chi connectivity index (χ1v) is 7.25. The summed E-state index contributed by atoms with van der Waals surface area (Å²) in [7, 11) is 0. The van der Waals surface area contributed by atoms with Gasteiger partial charge in [-0.05, 0) is 54.8 Å². The minimum Gasteiger partial charge on any atom is -0.265 e. The molecule has 106 valence electrons. The molecule has 0 aromatic carbocycles. The quantitative estimate of drug-likeness (QED) is 0.672. The zero-order valence-corrected chi connectivity index (χ0v) is 12.7. The molecule has 0 amide bonds. The lowest BCUT2D eigenvalue weighted by molar-refractivity contribution is -0.00127. The largest absolute Gasteiger partial charge is 0.296 e. The third-order valence-electron chi connectivity index (χ3n) is 4.85.